The van der Waals surface area contributed by atoms with Crippen molar-refractivity contribution in [1.82, 2.24) is 19.5 Å². The normalized spacial score (nSPS) is 17.8. The van der Waals surface area contributed by atoms with Crippen LogP contribution in [0.4, 0.5) is 0 Å². The van der Waals surface area contributed by atoms with Crippen LogP contribution in [0.15, 0.2) is 11.4 Å². The highest BCUT2D eigenvalue weighted by atomic mass is 32.1. The molecule has 0 aliphatic carbocycles. The molecule has 3 aromatic heterocycles. The molecular formula is C17H21N5O2S2. The van der Waals surface area contributed by atoms with Crippen LogP contribution in [-0.4, -0.2) is 43.6 Å². The lowest BCUT2D eigenvalue weighted by Crippen LogP contribution is -2.40. The molecule has 0 saturated carbocycles. The number of carbonyl (C=O) groups excluding carboxylic acids is 1. The Kier molecular flexibility index (Phi) is 4.45. The van der Waals surface area contributed by atoms with Crippen molar-refractivity contribution in [3.05, 3.63) is 32.6 Å². The van der Waals surface area contributed by atoms with E-state index in [0.717, 1.165) is 30.8 Å². The first-order valence-corrected chi connectivity index (χ1v) is 10.3. The summed E-state index contributed by atoms with van der Waals surface area (Å²) in [6, 6.07) is 2.04. The minimum absolute atomic E-state index is 0.0577. The van der Waals surface area contributed by atoms with Crippen LogP contribution in [0, 0.1) is 19.8 Å². The number of piperidine rings is 1. The summed E-state index contributed by atoms with van der Waals surface area (Å²) in [5.74, 6) is 0.519. The van der Waals surface area contributed by atoms with Gasteiger partial charge in [0.2, 0.25) is 16.7 Å². The van der Waals surface area contributed by atoms with Crippen molar-refractivity contribution < 1.29 is 9.90 Å². The van der Waals surface area contributed by atoms with Crippen LogP contribution in [-0.2, 0) is 4.79 Å². The zero-order chi connectivity index (χ0) is 18.4. The maximum absolute atomic E-state index is 11.5. The van der Waals surface area contributed by atoms with Gasteiger partial charge in [-0.3, -0.25) is 9.69 Å². The number of likely N-dealkylation sites (tertiary alicyclic amines) is 1. The predicted molar refractivity (Wildman–Crippen MR) is 102 cm³/mol. The maximum Gasteiger partial charge on any atom is 0.230 e. The van der Waals surface area contributed by atoms with E-state index >= 15 is 0 Å². The quantitative estimate of drug-likeness (QED) is 0.712. The number of fused-ring (bicyclic) bond motifs is 1. The van der Waals surface area contributed by atoms with Crippen molar-refractivity contribution >= 4 is 33.5 Å². The predicted octanol–water partition coefficient (Wildman–Crippen LogP) is 2.46. The van der Waals surface area contributed by atoms with E-state index < -0.39 is 0 Å². The van der Waals surface area contributed by atoms with Gasteiger partial charge in [0.15, 0.2) is 0 Å². The fourth-order valence-corrected chi connectivity index (χ4v) is 5.87. The second-order valence-electron chi connectivity index (χ2n) is 6.73. The van der Waals surface area contributed by atoms with Gasteiger partial charge in [0.1, 0.15) is 5.82 Å². The van der Waals surface area contributed by atoms with Crippen LogP contribution in [0.1, 0.15) is 40.0 Å². The number of aryl methyl sites for hydroxylation is 2. The number of hydrogen-bond donors (Lipinski definition) is 2. The third-order valence-electron chi connectivity index (χ3n) is 5.00. The Hall–Kier alpha value is -1.97. The van der Waals surface area contributed by atoms with Gasteiger partial charge in [0, 0.05) is 10.8 Å². The van der Waals surface area contributed by atoms with Crippen molar-refractivity contribution in [3.8, 4) is 5.88 Å². The molecule has 9 heteroatoms. The molecule has 1 fully saturated rings. The molecule has 3 aromatic rings. The Morgan fingerprint density at radius 1 is 1.35 bits per heavy atom. The molecule has 1 saturated heterocycles. The number of aromatic hydroxyl groups is 1. The summed E-state index contributed by atoms with van der Waals surface area (Å²) in [7, 11) is 0. The largest absolute Gasteiger partial charge is 0.492 e. The van der Waals surface area contributed by atoms with Gasteiger partial charge in [-0.05, 0) is 56.8 Å². The first kappa shape index (κ1) is 17.4. The van der Waals surface area contributed by atoms with Gasteiger partial charge in [0.05, 0.1) is 10.9 Å². The molecule has 3 N–H and O–H groups in total. The fraction of sp³-hybridized carbons (Fsp3) is 0.471. The number of thiophene rings is 1. The second-order valence-corrected chi connectivity index (χ2v) is 8.68. The summed E-state index contributed by atoms with van der Waals surface area (Å²) in [6.07, 6.45) is 1.49. The van der Waals surface area contributed by atoms with E-state index in [1.807, 2.05) is 6.92 Å². The second kappa shape index (κ2) is 6.64. The molecule has 1 atom stereocenters. The van der Waals surface area contributed by atoms with Gasteiger partial charge in [-0.2, -0.15) is 4.52 Å². The number of primary amides is 1. The topological polar surface area (TPSA) is 96.8 Å². The third kappa shape index (κ3) is 2.89. The summed E-state index contributed by atoms with van der Waals surface area (Å²) in [5.41, 5.74) is 6.68. The van der Waals surface area contributed by atoms with Crippen LogP contribution >= 0.6 is 22.7 Å². The number of amides is 1. The smallest absolute Gasteiger partial charge is 0.230 e. The molecule has 4 rings (SSSR count). The van der Waals surface area contributed by atoms with Gasteiger partial charge in [-0.25, -0.2) is 4.98 Å². The fourth-order valence-electron chi connectivity index (χ4n) is 3.58. The van der Waals surface area contributed by atoms with Crippen LogP contribution in [0.3, 0.4) is 0 Å². The minimum Gasteiger partial charge on any atom is -0.492 e. The molecule has 7 nitrogen and oxygen atoms in total. The summed E-state index contributed by atoms with van der Waals surface area (Å²) >= 11 is 3.16. The molecule has 26 heavy (non-hydrogen) atoms. The minimum atomic E-state index is -0.217. The van der Waals surface area contributed by atoms with E-state index in [1.165, 1.54) is 26.3 Å². The third-order valence-corrected chi connectivity index (χ3v) is 7.14. The molecule has 138 valence electrons. The summed E-state index contributed by atoms with van der Waals surface area (Å²) in [4.78, 5) is 21.0. The van der Waals surface area contributed by atoms with E-state index in [0.29, 0.717) is 10.8 Å². The van der Waals surface area contributed by atoms with Gasteiger partial charge in [0.25, 0.3) is 0 Å². The molecule has 0 unspecified atom stereocenters. The number of nitrogens with two attached hydrogens (primary N) is 1. The van der Waals surface area contributed by atoms with E-state index in [2.05, 4.69) is 33.4 Å². The van der Waals surface area contributed by atoms with E-state index in [-0.39, 0.29) is 23.7 Å². The Morgan fingerprint density at radius 2 is 2.08 bits per heavy atom. The summed E-state index contributed by atoms with van der Waals surface area (Å²) in [5, 5.41) is 17.2. The standard InChI is InChI=1S/C17H21N5O2S2/c1-9-5-8-25-13(9)12(21-6-3-11(4-7-21)15(18)23)14-16(24)22-17(26-14)19-10(2)20-22/h5,8,11-12,24H,3-4,6-7H2,1-2H3,(H2,18,23)/t12-/m1/s1. The van der Waals surface area contributed by atoms with E-state index in [9.17, 15) is 9.90 Å². The Morgan fingerprint density at radius 3 is 2.65 bits per heavy atom. The van der Waals surface area contributed by atoms with Gasteiger partial charge in [-0.1, -0.05) is 11.3 Å². The Balaban J connectivity index is 1.74. The van der Waals surface area contributed by atoms with Crippen molar-refractivity contribution in [1.29, 1.82) is 0 Å². The molecule has 1 amide bonds. The molecule has 0 aromatic carbocycles. The van der Waals surface area contributed by atoms with Crippen molar-refractivity contribution in [3.63, 3.8) is 0 Å². The number of carbonyl (C=O) groups is 1. The first-order valence-electron chi connectivity index (χ1n) is 8.58. The molecule has 0 bridgehead atoms. The number of nitrogens with zero attached hydrogens (tertiary/aromatic N) is 4. The van der Waals surface area contributed by atoms with Crippen LogP contribution in [0.5, 0.6) is 5.88 Å². The SMILES string of the molecule is Cc1nc2sc([C@@H](c3sccc3C)N3CCC(C(N)=O)CC3)c(O)n2n1. The van der Waals surface area contributed by atoms with Crippen LogP contribution < -0.4 is 5.73 Å². The maximum atomic E-state index is 11.5. The molecule has 0 radical (unpaired) electrons. The van der Waals surface area contributed by atoms with Gasteiger partial charge < -0.3 is 10.8 Å². The monoisotopic (exact) mass is 391 g/mol. The number of thiazole rings is 1. The zero-order valence-corrected chi connectivity index (χ0v) is 16.3. The Bertz CT molecular complexity index is 952. The lowest BCUT2D eigenvalue weighted by Gasteiger charge is -2.36. The van der Waals surface area contributed by atoms with Crippen molar-refractivity contribution in [2.24, 2.45) is 11.7 Å². The average Bonchev–Trinajstić information content (AvgIpc) is 3.27. The van der Waals surface area contributed by atoms with Gasteiger partial charge in [-0.15, -0.1) is 16.4 Å². The van der Waals surface area contributed by atoms with Crippen molar-refractivity contribution in [2.45, 2.75) is 32.7 Å². The summed E-state index contributed by atoms with van der Waals surface area (Å²) < 4.78 is 1.52. The molecule has 0 spiro atoms. The van der Waals surface area contributed by atoms with E-state index in [1.54, 1.807) is 11.3 Å². The molecule has 1 aliphatic heterocycles. The lowest BCUT2D eigenvalue weighted by atomic mass is 9.94. The molecular weight excluding hydrogens is 370 g/mol. The average molecular weight is 392 g/mol. The van der Waals surface area contributed by atoms with E-state index in [4.69, 9.17) is 5.73 Å². The van der Waals surface area contributed by atoms with Crippen LogP contribution in [0.2, 0.25) is 0 Å². The molecule has 1 aliphatic rings. The highest BCUT2D eigenvalue weighted by molar-refractivity contribution is 7.17. The first-order chi connectivity index (χ1) is 12.5. The number of aromatic nitrogens is 3. The molecule has 4 heterocycles. The highest BCUT2D eigenvalue weighted by Crippen LogP contribution is 2.43. The number of hydrogen-bond acceptors (Lipinski definition) is 7. The summed E-state index contributed by atoms with van der Waals surface area (Å²) in [6.45, 7) is 5.44. The van der Waals surface area contributed by atoms with Crippen molar-refractivity contribution in [2.75, 3.05) is 13.1 Å². The van der Waals surface area contributed by atoms with Gasteiger partial charge >= 0.3 is 0 Å². The zero-order valence-electron chi connectivity index (χ0n) is 14.7. The highest BCUT2D eigenvalue weighted by Gasteiger charge is 2.34. The lowest BCUT2D eigenvalue weighted by molar-refractivity contribution is -0.123. The van der Waals surface area contributed by atoms with Crippen LogP contribution in [0.25, 0.3) is 4.96 Å². The Labute approximate surface area is 159 Å². The number of rotatable bonds is 4.